The Morgan fingerprint density at radius 2 is 1.00 bits per heavy atom. The molecule has 0 unspecified atom stereocenters. The minimum absolute atomic E-state index is 0.573. The maximum absolute atomic E-state index is 3.74. The largest absolute Gasteiger partial charge is 0.226 e. The van der Waals surface area contributed by atoms with E-state index in [0.717, 1.165) is 32.6 Å². The van der Waals surface area contributed by atoms with Crippen LogP contribution < -0.4 is 5.53 Å². The topological polar surface area (TPSA) is 18.5 Å². The zero-order valence-electron chi connectivity index (χ0n) is 21.2. The molecule has 3 aromatic carbocycles. The van der Waals surface area contributed by atoms with Gasteiger partial charge in [-0.15, -0.1) is 0 Å². The molecule has 1 aliphatic heterocycles. The van der Waals surface area contributed by atoms with Crippen LogP contribution in [0.5, 0.6) is 0 Å². The van der Waals surface area contributed by atoms with Crippen LogP contribution in [0.4, 0.5) is 0 Å². The molecule has 1 saturated heterocycles. The lowest BCUT2D eigenvalue weighted by Gasteiger charge is -2.41. The van der Waals surface area contributed by atoms with E-state index in [-0.39, 0.29) is 0 Å². The number of hydrogen-bond donors (Lipinski definition) is 1. The Kier molecular flexibility index (Phi) is 7.33. The Balaban J connectivity index is 1.55. The quantitative estimate of drug-likeness (QED) is 0.496. The molecule has 4 rings (SSSR count). The van der Waals surface area contributed by atoms with Crippen molar-refractivity contribution in [3.63, 3.8) is 0 Å². The Labute approximate surface area is 200 Å². The van der Waals surface area contributed by atoms with Gasteiger partial charge in [0.05, 0.1) is 0 Å². The van der Waals surface area contributed by atoms with E-state index in [9.17, 15) is 0 Å². The summed E-state index contributed by atoms with van der Waals surface area (Å²) in [5.41, 5.74) is 16.2. The first-order chi connectivity index (χ1) is 15.8. The monoisotopic (exact) mass is 441 g/mol. The highest BCUT2D eigenvalue weighted by atomic mass is 15.8. The van der Waals surface area contributed by atoms with Gasteiger partial charge in [-0.05, 0) is 87.3 Å². The van der Waals surface area contributed by atoms with E-state index in [1.54, 1.807) is 0 Å². The smallest absolute Gasteiger partial charge is 0.0397 e. The second-order valence-corrected chi connectivity index (χ2v) is 10.2. The second kappa shape index (κ2) is 10.2. The van der Waals surface area contributed by atoms with E-state index in [1.165, 1.54) is 50.1 Å². The third-order valence-electron chi connectivity index (χ3n) is 6.97. The van der Waals surface area contributed by atoms with Crippen molar-refractivity contribution in [3.8, 4) is 0 Å². The molecule has 3 nitrogen and oxygen atoms in total. The van der Waals surface area contributed by atoms with E-state index in [2.05, 4.69) is 112 Å². The average Bonchev–Trinajstić information content (AvgIpc) is 2.74. The number of hydrogen-bond acceptors (Lipinski definition) is 3. The average molecular weight is 442 g/mol. The van der Waals surface area contributed by atoms with Gasteiger partial charge in [0, 0.05) is 26.2 Å². The van der Waals surface area contributed by atoms with Gasteiger partial charge in [0.25, 0.3) is 0 Å². The lowest BCUT2D eigenvalue weighted by Crippen LogP contribution is -2.58. The van der Waals surface area contributed by atoms with Crippen molar-refractivity contribution in [2.45, 2.75) is 61.1 Å². The van der Waals surface area contributed by atoms with Crippen LogP contribution in [-0.2, 0) is 19.5 Å². The molecule has 0 radical (unpaired) electrons. The zero-order chi connectivity index (χ0) is 23.5. The SMILES string of the molecule is Cc1ccc(CC2CN(Cc3ccc(C)cc3C)NN(Cc3ccc(C)cc3C)C2)c(C)c1. The maximum Gasteiger partial charge on any atom is 0.0397 e. The van der Waals surface area contributed by atoms with Crippen LogP contribution in [0.3, 0.4) is 0 Å². The van der Waals surface area contributed by atoms with E-state index in [1.807, 2.05) is 0 Å². The third kappa shape index (κ3) is 6.11. The Hall–Kier alpha value is -2.46. The van der Waals surface area contributed by atoms with Crippen molar-refractivity contribution in [1.82, 2.24) is 15.6 Å². The number of rotatable bonds is 6. The molecule has 1 fully saturated rings. The van der Waals surface area contributed by atoms with Crippen molar-refractivity contribution < 1.29 is 0 Å². The molecule has 0 aromatic heterocycles. The molecule has 1 heterocycles. The van der Waals surface area contributed by atoms with Crippen LogP contribution in [-0.4, -0.2) is 23.1 Å². The van der Waals surface area contributed by atoms with Gasteiger partial charge in [0.1, 0.15) is 0 Å². The summed E-state index contributed by atoms with van der Waals surface area (Å²) >= 11 is 0. The lowest BCUT2D eigenvalue weighted by molar-refractivity contribution is -0.0542. The molecule has 33 heavy (non-hydrogen) atoms. The third-order valence-corrected chi connectivity index (χ3v) is 6.97. The number of hydrazine groups is 2. The summed E-state index contributed by atoms with van der Waals surface area (Å²) in [7, 11) is 0. The molecule has 174 valence electrons. The summed E-state index contributed by atoms with van der Waals surface area (Å²) in [5.74, 6) is 0.573. The molecule has 0 bridgehead atoms. The lowest BCUT2D eigenvalue weighted by atomic mass is 9.93. The van der Waals surface area contributed by atoms with Gasteiger partial charge >= 0.3 is 0 Å². The van der Waals surface area contributed by atoms with Crippen molar-refractivity contribution in [2.75, 3.05) is 13.1 Å². The first-order valence-electron chi connectivity index (χ1n) is 12.2. The number of aryl methyl sites for hydroxylation is 6. The van der Waals surface area contributed by atoms with E-state index >= 15 is 0 Å². The molecular formula is C30H39N3. The van der Waals surface area contributed by atoms with Crippen LogP contribution >= 0.6 is 0 Å². The predicted molar refractivity (Wildman–Crippen MR) is 139 cm³/mol. The van der Waals surface area contributed by atoms with Crippen molar-refractivity contribution >= 4 is 0 Å². The van der Waals surface area contributed by atoms with Crippen LogP contribution in [0.2, 0.25) is 0 Å². The summed E-state index contributed by atoms with van der Waals surface area (Å²) in [5, 5.41) is 4.83. The molecule has 3 heteroatoms. The maximum atomic E-state index is 3.74. The number of nitrogens with one attached hydrogen (secondary N) is 1. The van der Waals surface area contributed by atoms with Gasteiger partial charge in [-0.25, -0.2) is 10.0 Å². The van der Waals surface area contributed by atoms with Gasteiger partial charge in [0.2, 0.25) is 0 Å². The van der Waals surface area contributed by atoms with Gasteiger partial charge in [-0.1, -0.05) is 71.3 Å². The summed E-state index contributed by atoms with van der Waals surface area (Å²) in [4.78, 5) is 0. The normalized spacial score (nSPS) is 15.8. The molecule has 3 aromatic rings. The molecule has 1 N–H and O–H groups in total. The summed E-state index contributed by atoms with van der Waals surface area (Å²) in [6, 6.07) is 20.5. The fourth-order valence-electron chi connectivity index (χ4n) is 5.14. The van der Waals surface area contributed by atoms with Crippen LogP contribution in [0, 0.1) is 47.5 Å². The van der Waals surface area contributed by atoms with E-state index in [0.29, 0.717) is 5.92 Å². The Morgan fingerprint density at radius 1 is 0.606 bits per heavy atom. The summed E-state index contributed by atoms with van der Waals surface area (Å²) < 4.78 is 0. The standard InChI is InChI=1S/C30H39N3/c1-21-7-10-28(24(4)13-21)16-27-17-32(19-29-11-8-22(2)14-25(29)5)31-33(18-27)20-30-12-9-23(3)15-26(30)6/h7-15,27,31H,16-20H2,1-6H3. The molecule has 1 aliphatic rings. The molecule has 0 amide bonds. The highest BCUT2D eigenvalue weighted by Gasteiger charge is 2.26. The van der Waals surface area contributed by atoms with Gasteiger partial charge in [0.15, 0.2) is 0 Å². The van der Waals surface area contributed by atoms with Crippen molar-refractivity contribution in [2.24, 2.45) is 5.92 Å². The molecule has 0 saturated carbocycles. The molecule has 0 spiro atoms. The highest BCUT2D eigenvalue weighted by molar-refractivity contribution is 5.32. The van der Waals surface area contributed by atoms with E-state index in [4.69, 9.17) is 0 Å². The van der Waals surface area contributed by atoms with Gasteiger partial charge < -0.3 is 0 Å². The Bertz CT molecular complexity index is 970. The fraction of sp³-hybridized carbons (Fsp3) is 0.400. The Morgan fingerprint density at radius 3 is 1.39 bits per heavy atom. The van der Waals surface area contributed by atoms with Crippen LogP contribution in [0.15, 0.2) is 54.6 Å². The first kappa shape index (κ1) is 23.7. The van der Waals surface area contributed by atoms with Crippen molar-refractivity contribution in [1.29, 1.82) is 0 Å². The van der Waals surface area contributed by atoms with Crippen LogP contribution in [0.25, 0.3) is 0 Å². The summed E-state index contributed by atoms with van der Waals surface area (Å²) in [6.45, 7) is 17.2. The minimum atomic E-state index is 0.573. The van der Waals surface area contributed by atoms with Crippen LogP contribution in [0.1, 0.15) is 50.1 Å². The minimum Gasteiger partial charge on any atom is -0.226 e. The molecule has 0 aliphatic carbocycles. The van der Waals surface area contributed by atoms with Gasteiger partial charge in [-0.2, -0.15) is 5.53 Å². The zero-order valence-corrected chi connectivity index (χ0v) is 21.2. The fourth-order valence-corrected chi connectivity index (χ4v) is 5.14. The molecular weight excluding hydrogens is 402 g/mol. The highest BCUT2D eigenvalue weighted by Crippen LogP contribution is 2.23. The molecule has 0 atom stereocenters. The second-order valence-electron chi connectivity index (χ2n) is 10.2. The first-order valence-corrected chi connectivity index (χ1v) is 12.2. The predicted octanol–water partition coefficient (Wildman–Crippen LogP) is 6.13. The van der Waals surface area contributed by atoms with Gasteiger partial charge in [-0.3, -0.25) is 0 Å². The van der Waals surface area contributed by atoms with Crippen molar-refractivity contribution in [3.05, 3.63) is 105 Å². The number of nitrogens with zero attached hydrogens (tertiary/aromatic N) is 2. The summed E-state index contributed by atoms with van der Waals surface area (Å²) in [6.07, 6.45) is 1.11. The van der Waals surface area contributed by atoms with E-state index < -0.39 is 0 Å². The number of benzene rings is 3.